The number of ether oxygens (including phenoxy) is 1. The Labute approximate surface area is 117 Å². The van der Waals surface area contributed by atoms with Crippen LogP contribution in [0, 0.1) is 0 Å². The van der Waals surface area contributed by atoms with E-state index in [1.54, 1.807) is 0 Å². The molecule has 0 bridgehead atoms. The lowest BCUT2D eigenvalue weighted by molar-refractivity contribution is 0.338. The molecule has 0 saturated carbocycles. The smallest absolute Gasteiger partial charge is 0.126 e. The lowest BCUT2D eigenvalue weighted by Crippen LogP contribution is -2.15. The quantitative estimate of drug-likeness (QED) is 0.746. The minimum absolute atomic E-state index is 0.464. The second kappa shape index (κ2) is 7.34. The van der Waals surface area contributed by atoms with Crippen LogP contribution in [0.2, 0.25) is 0 Å². The Morgan fingerprint density at radius 1 is 1.16 bits per heavy atom. The molecule has 1 N–H and O–H groups in total. The van der Waals surface area contributed by atoms with E-state index < -0.39 is 0 Å². The van der Waals surface area contributed by atoms with Crippen molar-refractivity contribution < 1.29 is 4.74 Å². The van der Waals surface area contributed by atoms with Crippen molar-refractivity contribution in [2.75, 3.05) is 20.2 Å². The lowest BCUT2D eigenvalue weighted by atomic mass is 9.94. The van der Waals surface area contributed by atoms with E-state index >= 15 is 0 Å². The highest BCUT2D eigenvalue weighted by Gasteiger charge is 2.15. The van der Waals surface area contributed by atoms with Gasteiger partial charge in [0.15, 0.2) is 0 Å². The van der Waals surface area contributed by atoms with Crippen LogP contribution < -0.4 is 10.1 Å². The van der Waals surface area contributed by atoms with Crippen LogP contribution in [-0.2, 0) is 0 Å². The lowest BCUT2D eigenvalue weighted by Gasteiger charge is -2.20. The van der Waals surface area contributed by atoms with Crippen molar-refractivity contribution >= 4 is 0 Å². The predicted molar refractivity (Wildman–Crippen MR) is 83.2 cm³/mol. The Bertz CT molecular complexity index is 395. The Morgan fingerprint density at radius 3 is 2.11 bits per heavy atom. The molecule has 1 aromatic rings. The summed E-state index contributed by atoms with van der Waals surface area (Å²) in [7, 11) is 1.92. The molecule has 0 amide bonds. The molecule has 0 aliphatic rings. The van der Waals surface area contributed by atoms with Gasteiger partial charge >= 0.3 is 0 Å². The van der Waals surface area contributed by atoms with E-state index in [1.165, 1.54) is 11.1 Å². The van der Waals surface area contributed by atoms with Gasteiger partial charge < -0.3 is 10.1 Å². The number of nitrogens with one attached hydrogen (secondary N) is 1. The van der Waals surface area contributed by atoms with E-state index in [1.807, 2.05) is 7.05 Å². The van der Waals surface area contributed by atoms with Gasteiger partial charge in [0.25, 0.3) is 0 Å². The van der Waals surface area contributed by atoms with Crippen molar-refractivity contribution in [3.63, 3.8) is 0 Å². The van der Waals surface area contributed by atoms with E-state index in [2.05, 4.69) is 57.8 Å². The number of para-hydroxylation sites is 1. The molecule has 0 fully saturated rings. The summed E-state index contributed by atoms with van der Waals surface area (Å²) in [5.74, 6) is 1.97. The molecule has 0 aliphatic heterocycles. The van der Waals surface area contributed by atoms with Crippen molar-refractivity contribution in [2.45, 2.75) is 39.5 Å². The Kier molecular flexibility index (Phi) is 6.10. The van der Waals surface area contributed by atoms with Gasteiger partial charge in [-0.05, 0) is 35.6 Å². The van der Waals surface area contributed by atoms with Crippen molar-refractivity contribution in [1.29, 1.82) is 0 Å². The maximum atomic E-state index is 6.07. The van der Waals surface area contributed by atoms with Crippen LogP contribution in [0.4, 0.5) is 0 Å². The van der Waals surface area contributed by atoms with E-state index in [0.29, 0.717) is 18.4 Å². The van der Waals surface area contributed by atoms with Gasteiger partial charge in [-0.2, -0.15) is 0 Å². The summed E-state index contributed by atoms with van der Waals surface area (Å²) in [5.41, 5.74) is 3.63. The minimum Gasteiger partial charge on any atom is -0.489 e. The number of hydrogen-bond acceptors (Lipinski definition) is 2. The average molecular weight is 261 g/mol. The standard InChI is InChI=1S/C17H27NO/c1-12(2)15-8-7-9-16(13(3)4)17(15)19-11-14(5)10-18-6/h7-9,12-13,18H,5,10-11H2,1-4,6H3. The van der Waals surface area contributed by atoms with Crippen LogP contribution in [-0.4, -0.2) is 20.2 Å². The summed E-state index contributed by atoms with van der Waals surface area (Å²) in [4.78, 5) is 0. The Morgan fingerprint density at radius 2 is 1.68 bits per heavy atom. The molecule has 0 saturated heterocycles. The molecule has 0 radical (unpaired) electrons. The topological polar surface area (TPSA) is 21.3 Å². The fourth-order valence-corrected chi connectivity index (χ4v) is 2.12. The van der Waals surface area contributed by atoms with Crippen LogP contribution in [0.1, 0.15) is 50.7 Å². The first-order valence-corrected chi connectivity index (χ1v) is 7.04. The van der Waals surface area contributed by atoms with E-state index in [-0.39, 0.29) is 0 Å². The third kappa shape index (κ3) is 4.39. The second-order valence-corrected chi connectivity index (χ2v) is 5.64. The van der Waals surface area contributed by atoms with Gasteiger partial charge in [-0.25, -0.2) is 0 Å². The van der Waals surface area contributed by atoms with Crippen LogP contribution in [0.3, 0.4) is 0 Å². The molecule has 19 heavy (non-hydrogen) atoms. The summed E-state index contributed by atoms with van der Waals surface area (Å²) >= 11 is 0. The van der Waals surface area contributed by atoms with Crippen molar-refractivity contribution in [1.82, 2.24) is 5.32 Å². The summed E-state index contributed by atoms with van der Waals surface area (Å²) in [6.07, 6.45) is 0. The van der Waals surface area contributed by atoms with Gasteiger partial charge in [0.1, 0.15) is 12.4 Å². The van der Waals surface area contributed by atoms with Gasteiger partial charge in [-0.3, -0.25) is 0 Å². The van der Waals surface area contributed by atoms with Gasteiger partial charge in [0.2, 0.25) is 0 Å². The first kappa shape index (κ1) is 15.8. The highest BCUT2D eigenvalue weighted by Crippen LogP contribution is 2.34. The summed E-state index contributed by atoms with van der Waals surface area (Å²) < 4.78 is 6.07. The SMILES string of the molecule is C=C(CNC)COc1c(C(C)C)cccc1C(C)C. The molecular weight excluding hydrogens is 234 g/mol. The zero-order chi connectivity index (χ0) is 14.4. The van der Waals surface area contributed by atoms with Crippen LogP contribution in [0.5, 0.6) is 5.75 Å². The minimum atomic E-state index is 0.464. The molecule has 1 rings (SSSR count). The zero-order valence-corrected chi connectivity index (χ0v) is 12.9. The zero-order valence-electron chi connectivity index (χ0n) is 12.9. The molecule has 2 heteroatoms. The molecule has 0 heterocycles. The molecule has 2 nitrogen and oxygen atoms in total. The summed E-state index contributed by atoms with van der Waals surface area (Å²) in [6, 6.07) is 6.44. The number of rotatable bonds is 7. The number of hydrogen-bond donors (Lipinski definition) is 1. The molecule has 0 atom stereocenters. The second-order valence-electron chi connectivity index (χ2n) is 5.64. The fraction of sp³-hybridized carbons (Fsp3) is 0.529. The van der Waals surface area contributed by atoms with Crippen molar-refractivity contribution in [3.05, 3.63) is 41.5 Å². The predicted octanol–water partition coefficient (Wildman–Crippen LogP) is 4.09. The fourth-order valence-electron chi connectivity index (χ4n) is 2.12. The molecule has 0 unspecified atom stereocenters. The van der Waals surface area contributed by atoms with E-state index in [9.17, 15) is 0 Å². The molecule has 1 aromatic carbocycles. The Balaban J connectivity index is 2.98. The van der Waals surface area contributed by atoms with Crippen molar-refractivity contribution in [3.8, 4) is 5.75 Å². The highest BCUT2D eigenvalue weighted by atomic mass is 16.5. The average Bonchev–Trinajstić information content (AvgIpc) is 2.35. The molecule has 0 aliphatic carbocycles. The highest BCUT2D eigenvalue weighted by molar-refractivity contribution is 5.45. The monoisotopic (exact) mass is 261 g/mol. The normalized spacial score (nSPS) is 11.1. The van der Waals surface area contributed by atoms with Crippen molar-refractivity contribution in [2.24, 2.45) is 0 Å². The third-order valence-electron chi connectivity index (χ3n) is 3.17. The van der Waals surface area contributed by atoms with E-state index in [0.717, 1.165) is 17.9 Å². The van der Waals surface area contributed by atoms with Crippen LogP contribution >= 0.6 is 0 Å². The number of likely N-dealkylation sites (N-methyl/N-ethyl adjacent to an activating group) is 1. The van der Waals surface area contributed by atoms with Gasteiger partial charge in [-0.1, -0.05) is 52.5 Å². The van der Waals surface area contributed by atoms with Crippen LogP contribution in [0.25, 0.3) is 0 Å². The van der Waals surface area contributed by atoms with Crippen LogP contribution in [0.15, 0.2) is 30.4 Å². The Hall–Kier alpha value is -1.28. The molecule has 0 aromatic heterocycles. The number of benzene rings is 1. The van der Waals surface area contributed by atoms with Gasteiger partial charge in [0.05, 0.1) is 0 Å². The van der Waals surface area contributed by atoms with Gasteiger partial charge in [0, 0.05) is 6.54 Å². The molecular formula is C17H27NO. The third-order valence-corrected chi connectivity index (χ3v) is 3.17. The molecule has 106 valence electrons. The maximum Gasteiger partial charge on any atom is 0.126 e. The molecule has 0 spiro atoms. The largest absolute Gasteiger partial charge is 0.489 e. The first-order valence-electron chi connectivity index (χ1n) is 7.04. The van der Waals surface area contributed by atoms with Gasteiger partial charge in [-0.15, -0.1) is 0 Å². The first-order chi connectivity index (χ1) is 8.97. The summed E-state index contributed by atoms with van der Waals surface area (Å²) in [6.45, 7) is 14.2. The van der Waals surface area contributed by atoms with E-state index in [4.69, 9.17) is 4.74 Å². The maximum absolute atomic E-state index is 6.07. The summed E-state index contributed by atoms with van der Waals surface area (Å²) in [5, 5.41) is 3.10.